The maximum absolute atomic E-state index is 13.5. The first kappa shape index (κ1) is 17.2. The lowest BCUT2D eigenvalue weighted by atomic mass is 9.92. The van der Waals surface area contributed by atoms with Crippen molar-refractivity contribution in [2.75, 3.05) is 7.11 Å². The molecule has 1 saturated carbocycles. The van der Waals surface area contributed by atoms with Crippen LogP contribution in [0.1, 0.15) is 52.2 Å². The molecule has 0 saturated heterocycles. The fourth-order valence-corrected chi connectivity index (χ4v) is 4.74. The highest BCUT2D eigenvalue weighted by Gasteiger charge is 2.34. The summed E-state index contributed by atoms with van der Waals surface area (Å²) in [5.74, 6) is -0.356. The third kappa shape index (κ3) is 2.71. The van der Waals surface area contributed by atoms with E-state index in [1.165, 1.54) is 29.7 Å². The van der Waals surface area contributed by atoms with Crippen LogP contribution < -0.4 is 0 Å². The number of aryl methyl sites for hydroxylation is 2. The fourth-order valence-electron chi connectivity index (χ4n) is 3.61. The van der Waals surface area contributed by atoms with E-state index in [1.807, 2.05) is 0 Å². The highest BCUT2D eigenvalue weighted by Crippen LogP contribution is 2.47. The molecule has 1 aliphatic carbocycles. The Bertz CT molecular complexity index is 1000. The van der Waals surface area contributed by atoms with Crippen LogP contribution in [0, 0.1) is 12.7 Å². The predicted octanol–water partition coefficient (Wildman–Crippen LogP) is 5.64. The SMILES string of the molecule is CCc1c(C)sc2nc(C3CC3)c(C(=O)OC)c(-c3ccc(F)cc3)c12. The van der Waals surface area contributed by atoms with Gasteiger partial charge < -0.3 is 4.74 Å². The molecular weight excluding hydrogens is 349 g/mol. The number of halogens is 1. The predicted molar refractivity (Wildman–Crippen MR) is 102 cm³/mol. The monoisotopic (exact) mass is 369 g/mol. The highest BCUT2D eigenvalue weighted by atomic mass is 32.1. The van der Waals surface area contributed by atoms with Gasteiger partial charge in [-0.05, 0) is 49.4 Å². The summed E-state index contributed by atoms with van der Waals surface area (Å²) >= 11 is 1.67. The second-order valence-corrected chi connectivity index (χ2v) is 7.89. The molecule has 0 spiro atoms. The lowest BCUT2D eigenvalue weighted by molar-refractivity contribution is 0.0600. The summed E-state index contributed by atoms with van der Waals surface area (Å²) in [5.41, 5.74) is 4.23. The van der Waals surface area contributed by atoms with Crippen LogP contribution in [0.15, 0.2) is 24.3 Å². The maximum atomic E-state index is 13.5. The number of fused-ring (bicyclic) bond motifs is 1. The summed E-state index contributed by atoms with van der Waals surface area (Å²) in [6.07, 6.45) is 2.93. The Hall–Kier alpha value is -2.27. The van der Waals surface area contributed by atoms with Gasteiger partial charge in [0, 0.05) is 21.7 Å². The van der Waals surface area contributed by atoms with Gasteiger partial charge in [0.05, 0.1) is 18.4 Å². The molecule has 1 aliphatic rings. The molecule has 134 valence electrons. The summed E-state index contributed by atoms with van der Waals surface area (Å²) in [6.45, 7) is 4.20. The Morgan fingerprint density at radius 1 is 1.31 bits per heavy atom. The van der Waals surface area contributed by atoms with Crippen molar-refractivity contribution in [2.45, 2.75) is 39.0 Å². The fraction of sp³-hybridized carbons (Fsp3) is 0.333. The number of carbonyl (C=O) groups excluding carboxylic acids is 1. The molecular formula is C21H20FNO2S. The quantitative estimate of drug-likeness (QED) is 0.559. The molecule has 0 radical (unpaired) electrons. The highest BCUT2D eigenvalue weighted by molar-refractivity contribution is 7.18. The molecule has 0 bridgehead atoms. The lowest BCUT2D eigenvalue weighted by Crippen LogP contribution is -2.10. The zero-order chi connectivity index (χ0) is 18.4. The van der Waals surface area contributed by atoms with Gasteiger partial charge in [-0.1, -0.05) is 19.1 Å². The summed E-state index contributed by atoms with van der Waals surface area (Å²) in [7, 11) is 1.40. The number of esters is 1. The molecule has 0 aliphatic heterocycles. The molecule has 2 heterocycles. The minimum absolute atomic E-state index is 0.293. The van der Waals surface area contributed by atoms with Crippen LogP contribution in [0.2, 0.25) is 0 Å². The molecule has 0 N–H and O–H groups in total. The summed E-state index contributed by atoms with van der Waals surface area (Å²) in [4.78, 5) is 19.8. The second kappa shape index (κ2) is 6.47. The Balaban J connectivity index is 2.15. The van der Waals surface area contributed by atoms with E-state index >= 15 is 0 Å². The number of methoxy groups -OCH3 is 1. The van der Waals surface area contributed by atoms with Crippen LogP contribution in [0.4, 0.5) is 4.39 Å². The maximum Gasteiger partial charge on any atom is 0.340 e. The molecule has 4 rings (SSSR count). The summed E-state index contributed by atoms with van der Waals surface area (Å²) in [6, 6.07) is 6.34. The van der Waals surface area contributed by atoms with Gasteiger partial charge >= 0.3 is 5.97 Å². The van der Waals surface area contributed by atoms with Crippen LogP contribution >= 0.6 is 11.3 Å². The van der Waals surface area contributed by atoms with E-state index in [4.69, 9.17) is 9.72 Å². The number of hydrogen-bond acceptors (Lipinski definition) is 4. The van der Waals surface area contributed by atoms with Crippen molar-refractivity contribution < 1.29 is 13.9 Å². The second-order valence-electron chi connectivity index (χ2n) is 6.69. The minimum atomic E-state index is -0.369. The topological polar surface area (TPSA) is 39.2 Å². The van der Waals surface area contributed by atoms with Gasteiger partial charge in [0.15, 0.2) is 0 Å². The average Bonchev–Trinajstić information content (AvgIpc) is 3.43. The number of rotatable bonds is 4. The van der Waals surface area contributed by atoms with Gasteiger partial charge in [-0.2, -0.15) is 0 Å². The zero-order valence-corrected chi connectivity index (χ0v) is 15.9. The molecule has 2 aromatic heterocycles. The van der Waals surface area contributed by atoms with Crippen LogP contribution in [-0.4, -0.2) is 18.1 Å². The van der Waals surface area contributed by atoms with Crippen LogP contribution in [0.25, 0.3) is 21.3 Å². The molecule has 3 nitrogen and oxygen atoms in total. The molecule has 5 heteroatoms. The van der Waals surface area contributed by atoms with E-state index < -0.39 is 0 Å². The minimum Gasteiger partial charge on any atom is -0.465 e. The lowest BCUT2D eigenvalue weighted by Gasteiger charge is -2.15. The van der Waals surface area contributed by atoms with Crippen LogP contribution in [0.5, 0.6) is 0 Å². The number of thiophene rings is 1. The van der Waals surface area contributed by atoms with E-state index in [-0.39, 0.29) is 11.8 Å². The average molecular weight is 369 g/mol. The molecule has 0 unspecified atom stereocenters. The molecule has 1 aromatic carbocycles. The van der Waals surface area contributed by atoms with Gasteiger partial charge in [0.1, 0.15) is 10.6 Å². The van der Waals surface area contributed by atoms with Crippen LogP contribution in [0.3, 0.4) is 0 Å². The Morgan fingerprint density at radius 2 is 2.00 bits per heavy atom. The first-order chi connectivity index (χ1) is 12.5. The van der Waals surface area contributed by atoms with Gasteiger partial charge in [-0.3, -0.25) is 0 Å². The van der Waals surface area contributed by atoms with E-state index in [0.29, 0.717) is 11.5 Å². The number of benzene rings is 1. The Morgan fingerprint density at radius 3 is 2.58 bits per heavy atom. The number of nitrogens with zero attached hydrogens (tertiary/aromatic N) is 1. The van der Waals surface area contributed by atoms with E-state index in [2.05, 4.69) is 13.8 Å². The first-order valence-electron chi connectivity index (χ1n) is 8.85. The summed E-state index contributed by atoms with van der Waals surface area (Å²) < 4.78 is 18.6. The van der Waals surface area contributed by atoms with Crippen molar-refractivity contribution in [1.82, 2.24) is 4.98 Å². The van der Waals surface area contributed by atoms with Gasteiger partial charge in [-0.15, -0.1) is 11.3 Å². The van der Waals surface area contributed by atoms with Crippen molar-refractivity contribution in [1.29, 1.82) is 0 Å². The van der Waals surface area contributed by atoms with Crippen molar-refractivity contribution in [2.24, 2.45) is 0 Å². The largest absolute Gasteiger partial charge is 0.465 e. The smallest absolute Gasteiger partial charge is 0.340 e. The number of carbonyl (C=O) groups is 1. The number of ether oxygens (including phenoxy) is 1. The van der Waals surface area contributed by atoms with Gasteiger partial charge in [0.2, 0.25) is 0 Å². The number of hydrogen-bond donors (Lipinski definition) is 0. The van der Waals surface area contributed by atoms with Crippen molar-refractivity contribution in [3.8, 4) is 11.1 Å². The first-order valence-corrected chi connectivity index (χ1v) is 9.66. The normalized spacial score (nSPS) is 14.0. The Kier molecular flexibility index (Phi) is 4.27. The molecule has 0 amide bonds. The molecule has 3 aromatic rings. The number of aromatic nitrogens is 1. The third-order valence-electron chi connectivity index (χ3n) is 5.01. The van der Waals surface area contributed by atoms with E-state index in [0.717, 1.165) is 46.3 Å². The molecule has 1 fully saturated rings. The van der Waals surface area contributed by atoms with E-state index in [9.17, 15) is 9.18 Å². The van der Waals surface area contributed by atoms with Crippen molar-refractivity contribution in [3.63, 3.8) is 0 Å². The van der Waals surface area contributed by atoms with Gasteiger partial charge in [0.25, 0.3) is 0 Å². The van der Waals surface area contributed by atoms with E-state index in [1.54, 1.807) is 23.5 Å². The standard InChI is InChI=1S/C21H20FNO2S/c1-4-15-11(2)26-20-17(15)16(12-7-9-14(22)10-8-12)18(21(24)25-3)19(23-20)13-5-6-13/h7-10,13H,4-6H2,1-3H3. The van der Waals surface area contributed by atoms with Gasteiger partial charge in [-0.25, -0.2) is 14.2 Å². The van der Waals surface area contributed by atoms with Crippen molar-refractivity contribution >= 4 is 27.5 Å². The Labute approximate surface area is 155 Å². The van der Waals surface area contributed by atoms with Crippen LogP contribution in [-0.2, 0) is 11.2 Å². The summed E-state index contributed by atoms with van der Waals surface area (Å²) in [5, 5.41) is 1.01. The molecule has 0 atom stereocenters. The third-order valence-corrected chi connectivity index (χ3v) is 6.05. The molecule has 26 heavy (non-hydrogen) atoms. The zero-order valence-electron chi connectivity index (χ0n) is 15.1. The number of pyridine rings is 1. The van der Waals surface area contributed by atoms with Crippen molar-refractivity contribution in [3.05, 3.63) is 51.8 Å².